The Bertz CT molecular complexity index is 1410. The molecular weight excluding hydrogens is 524 g/mol. The molecule has 11 nitrogen and oxygen atoms in total. The summed E-state index contributed by atoms with van der Waals surface area (Å²) in [6.07, 6.45) is 1.06. The van der Waals surface area contributed by atoms with Crippen LogP contribution in [0.2, 0.25) is 0 Å². The molecule has 220 valence electrons. The minimum Gasteiger partial charge on any atom is -0.494 e. The van der Waals surface area contributed by atoms with Crippen molar-refractivity contribution < 1.29 is 23.8 Å². The second-order valence-corrected chi connectivity index (χ2v) is 11.4. The van der Waals surface area contributed by atoms with E-state index in [9.17, 15) is 14.9 Å². The Hall–Kier alpha value is -4.46. The van der Waals surface area contributed by atoms with Gasteiger partial charge in [0.05, 0.1) is 29.7 Å². The van der Waals surface area contributed by atoms with Crippen molar-refractivity contribution in [2.24, 2.45) is 0 Å². The molecule has 11 heteroatoms. The average Bonchev–Trinajstić information content (AvgIpc) is 3.34. The van der Waals surface area contributed by atoms with Crippen molar-refractivity contribution >= 4 is 34.9 Å². The van der Waals surface area contributed by atoms with Crippen LogP contribution in [0, 0.1) is 18.3 Å². The monoisotopic (exact) mass is 564 g/mol. The van der Waals surface area contributed by atoms with Gasteiger partial charge in [-0.3, -0.25) is 0 Å². The van der Waals surface area contributed by atoms with Crippen LogP contribution >= 0.6 is 0 Å². The number of rotatable bonds is 9. The number of amides is 2. The molecule has 2 heterocycles. The number of pyridine rings is 1. The molecule has 0 saturated heterocycles. The van der Waals surface area contributed by atoms with Crippen molar-refractivity contribution in [3.8, 4) is 11.8 Å². The van der Waals surface area contributed by atoms with Crippen LogP contribution in [0.15, 0.2) is 36.5 Å². The molecule has 2 amide bonds. The van der Waals surface area contributed by atoms with Gasteiger partial charge in [0.15, 0.2) is 0 Å². The summed E-state index contributed by atoms with van der Waals surface area (Å²) in [5, 5.41) is 20.6. The van der Waals surface area contributed by atoms with Crippen LogP contribution in [0.3, 0.4) is 0 Å². The standard InChI is InChI=1S/C30H40N6O5/c1-9-39-22-13-11-21(12-14-22)35(28(38)41-30(6,7)8)26-20(2)25(23(19-31)24-15-18-34-36(24)26)32-16-10-17-33-27(37)40-29(3,4)5/h11-15,18,32H,9-10,16-17H2,1-8H3,(H,33,37). The molecule has 3 rings (SSSR count). The molecule has 0 unspecified atom stereocenters. The molecular formula is C30H40N6O5. The zero-order valence-corrected chi connectivity index (χ0v) is 25.1. The Morgan fingerprint density at radius 1 is 1.02 bits per heavy atom. The Balaban J connectivity index is 2.01. The molecule has 2 aromatic heterocycles. The van der Waals surface area contributed by atoms with Gasteiger partial charge in [-0.1, -0.05) is 0 Å². The first-order valence-corrected chi connectivity index (χ1v) is 13.6. The van der Waals surface area contributed by atoms with Gasteiger partial charge in [0, 0.05) is 18.7 Å². The molecule has 0 saturated carbocycles. The lowest BCUT2D eigenvalue weighted by Crippen LogP contribution is -2.35. The topological polar surface area (TPSA) is 130 Å². The quantitative estimate of drug-likeness (QED) is 0.289. The number of carbonyl (C=O) groups is 2. The van der Waals surface area contributed by atoms with E-state index in [0.717, 1.165) is 0 Å². The van der Waals surface area contributed by atoms with E-state index >= 15 is 0 Å². The van der Waals surface area contributed by atoms with E-state index in [1.54, 1.807) is 82.6 Å². The van der Waals surface area contributed by atoms with E-state index in [4.69, 9.17) is 14.2 Å². The van der Waals surface area contributed by atoms with Crippen molar-refractivity contribution in [3.05, 3.63) is 47.7 Å². The molecule has 2 N–H and O–H groups in total. The van der Waals surface area contributed by atoms with Crippen LogP contribution in [-0.4, -0.2) is 52.7 Å². The fraction of sp³-hybridized carbons (Fsp3) is 0.467. The largest absolute Gasteiger partial charge is 0.494 e. The van der Waals surface area contributed by atoms with E-state index in [0.29, 0.717) is 65.7 Å². The third-order valence-corrected chi connectivity index (χ3v) is 5.69. The highest BCUT2D eigenvalue weighted by molar-refractivity contribution is 5.98. The van der Waals surface area contributed by atoms with E-state index in [1.165, 1.54) is 4.90 Å². The summed E-state index contributed by atoms with van der Waals surface area (Å²) in [7, 11) is 0. The molecule has 0 aliphatic heterocycles. The van der Waals surface area contributed by atoms with Crippen molar-refractivity contribution in [2.45, 2.75) is 73.0 Å². The molecule has 0 spiro atoms. The Kier molecular flexibility index (Phi) is 9.71. The number of nitriles is 1. The average molecular weight is 565 g/mol. The van der Waals surface area contributed by atoms with Gasteiger partial charge >= 0.3 is 12.2 Å². The Morgan fingerprint density at radius 2 is 1.68 bits per heavy atom. The summed E-state index contributed by atoms with van der Waals surface area (Å²) in [6, 6.07) is 11.1. The number of aromatic nitrogens is 2. The fourth-order valence-electron chi connectivity index (χ4n) is 4.13. The minimum absolute atomic E-state index is 0.376. The van der Waals surface area contributed by atoms with E-state index in [1.807, 2.05) is 13.8 Å². The van der Waals surface area contributed by atoms with Gasteiger partial charge in [-0.05, 0) is 92.1 Å². The summed E-state index contributed by atoms with van der Waals surface area (Å²) in [5.41, 5.74) is 1.31. The van der Waals surface area contributed by atoms with Gasteiger partial charge in [0.1, 0.15) is 34.4 Å². The zero-order valence-electron chi connectivity index (χ0n) is 25.1. The molecule has 3 aromatic rings. The summed E-state index contributed by atoms with van der Waals surface area (Å²) in [4.78, 5) is 27.1. The number of anilines is 3. The predicted molar refractivity (Wildman–Crippen MR) is 158 cm³/mol. The molecule has 0 atom stereocenters. The third-order valence-electron chi connectivity index (χ3n) is 5.69. The highest BCUT2D eigenvalue weighted by atomic mass is 16.6. The maximum absolute atomic E-state index is 13.7. The summed E-state index contributed by atoms with van der Waals surface area (Å²) in [6.45, 7) is 15.9. The lowest BCUT2D eigenvalue weighted by Gasteiger charge is -2.30. The lowest BCUT2D eigenvalue weighted by atomic mass is 10.1. The molecule has 0 radical (unpaired) electrons. The number of benzene rings is 1. The smallest absolute Gasteiger partial charge is 0.420 e. The van der Waals surface area contributed by atoms with Crippen molar-refractivity contribution in [1.29, 1.82) is 5.26 Å². The number of nitrogens with one attached hydrogen (secondary N) is 2. The van der Waals surface area contributed by atoms with E-state index in [2.05, 4.69) is 21.8 Å². The van der Waals surface area contributed by atoms with Crippen LogP contribution in [0.4, 0.5) is 26.8 Å². The highest BCUT2D eigenvalue weighted by Crippen LogP contribution is 2.38. The van der Waals surface area contributed by atoms with Crippen LogP contribution in [0.1, 0.15) is 66.0 Å². The number of hydrogen-bond acceptors (Lipinski definition) is 8. The van der Waals surface area contributed by atoms with E-state index < -0.39 is 23.4 Å². The Labute approximate surface area is 241 Å². The molecule has 41 heavy (non-hydrogen) atoms. The lowest BCUT2D eigenvalue weighted by molar-refractivity contribution is 0.0526. The van der Waals surface area contributed by atoms with Gasteiger partial charge in [-0.15, -0.1) is 0 Å². The highest BCUT2D eigenvalue weighted by Gasteiger charge is 2.31. The number of hydrogen-bond donors (Lipinski definition) is 2. The van der Waals surface area contributed by atoms with Gasteiger partial charge < -0.3 is 24.8 Å². The zero-order chi connectivity index (χ0) is 30.4. The van der Waals surface area contributed by atoms with Crippen LogP contribution in [0.25, 0.3) is 5.52 Å². The van der Waals surface area contributed by atoms with Gasteiger partial charge in [-0.25, -0.2) is 19.0 Å². The Morgan fingerprint density at radius 3 is 2.27 bits per heavy atom. The second kappa shape index (κ2) is 12.8. The molecule has 0 fully saturated rings. The third kappa shape index (κ3) is 8.03. The molecule has 1 aromatic carbocycles. The fourth-order valence-corrected chi connectivity index (χ4v) is 4.13. The second-order valence-electron chi connectivity index (χ2n) is 11.4. The minimum atomic E-state index is -0.757. The summed E-state index contributed by atoms with van der Waals surface area (Å²) >= 11 is 0. The summed E-state index contributed by atoms with van der Waals surface area (Å²) < 4.78 is 18.3. The number of ether oxygens (including phenoxy) is 3. The maximum atomic E-state index is 13.7. The normalized spacial score (nSPS) is 11.5. The molecule has 0 aliphatic rings. The predicted octanol–water partition coefficient (Wildman–Crippen LogP) is 6.31. The molecule has 0 bridgehead atoms. The SMILES string of the molecule is CCOc1ccc(N(C(=O)OC(C)(C)C)c2c(C)c(NCCCNC(=O)OC(C)(C)C)c(C#N)c3ccnn23)cc1. The van der Waals surface area contributed by atoms with Gasteiger partial charge in [0.2, 0.25) is 0 Å². The first kappa shape index (κ1) is 31.1. The number of nitrogens with zero attached hydrogens (tertiary/aromatic N) is 4. The summed E-state index contributed by atoms with van der Waals surface area (Å²) in [5.74, 6) is 1.10. The maximum Gasteiger partial charge on any atom is 0.420 e. The van der Waals surface area contributed by atoms with Crippen molar-refractivity contribution in [3.63, 3.8) is 0 Å². The number of fused-ring (bicyclic) bond motifs is 1. The first-order chi connectivity index (χ1) is 19.3. The number of alkyl carbamates (subject to hydrolysis) is 1. The van der Waals surface area contributed by atoms with Crippen LogP contribution < -0.4 is 20.3 Å². The van der Waals surface area contributed by atoms with Crippen LogP contribution in [0.5, 0.6) is 5.75 Å². The first-order valence-electron chi connectivity index (χ1n) is 13.6. The van der Waals surface area contributed by atoms with Gasteiger partial charge in [0.25, 0.3) is 0 Å². The van der Waals surface area contributed by atoms with Crippen molar-refractivity contribution in [2.75, 3.05) is 29.9 Å². The van der Waals surface area contributed by atoms with Crippen molar-refractivity contribution in [1.82, 2.24) is 14.9 Å². The molecule has 0 aliphatic carbocycles. The van der Waals surface area contributed by atoms with Gasteiger partial charge in [-0.2, -0.15) is 10.4 Å². The number of carbonyl (C=O) groups excluding carboxylic acids is 2. The van der Waals surface area contributed by atoms with E-state index in [-0.39, 0.29) is 0 Å². The van der Waals surface area contributed by atoms with Crippen LogP contribution in [-0.2, 0) is 9.47 Å².